The van der Waals surface area contributed by atoms with Gasteiger partial charge in [0.1, 0.15) is 0 Å². The first-order valence-corrected chi connectivity index (χ1v) is 8.20. The van der Waals surface area contributed by atoms with Crippen LogP contribution in [-0.2, 0) is 6.54 Å². The maximum atomic E-state index is 12.3. The molecule has 0 atom stereocenters. The van der Waals surface area contributed by atoms with E-state index in [9.17, 15) is 4.79 Å². The Morgan fingerprint density at radius 3 is 2.44 bits per heavy atom. The van der Waals surface area contributed by atoms with Crippen LogP contribution in [0.15, 0.2) is 54.6 Å². The first-order chi connectivity index (χ1) is 12.1. The third kappa shape index (κ3) is 3.68. The van der Waals surface area contributed by atoms with Gasteiger partial charge in [0.25, 0.3) is 5.91 Å². The lowest BCUT2D eigenvalue weighted by molar-refractivity contribution is 0.0947. The van der Waals surface area contributed by atoms with Gasteiger partial charge in [-0.3, -0.25) is 4.79 Å². The SMILES string of the molecule is CC(C)c1ccc(-n2nnc(C(=O)NCc3ccccc3)c2N)cc1. The molecule has 3 aromatic rings. The summed E-state index contributed by atoms with van der Waals surface area (Å²) in [5, 5.41) is 10.8. The molecule has 0 saturated carbocycles. The summed E-state index contributed by atoms with van der Waals surface area (Å²) in [5.74, 6) is 0.329. The molecule has 6 heteroatoms. The second-order valence-corrected chi connectivity index (χ2v) is 6.15. The van der Waals surface area contributed by atoms with Gasteiger partial charge in [0.2, 0.25) is 0 Å². The van der Waals surface area contributed by atoms with Crippen molar-refractivity contribution in [1.29, 1.82) is 0 Å². The van der Waals surface area contributed by atoms with Crippen LogP contribution in [0, 0.1) is 0 Å². The lowest BCUT2D eigenvalue weighted by Crippen LogP contribution is -2.24. The molecule has 0 aliphatic rings. The van der Waals surface area contributed by atoms with E-state index in [0.717, 1.165) is 11.3 Å². The summed E-state index contributed by atoms with van der Waals surface area (Å²) in [6.07, 6.45) is 0. The van der Waals surface area contributed by atoms with E-state index >= 15 is 0 Å². The minimum atomic E-state index is -0.341. The van der Waals surface area contributed by atoms with E-state index in [2.05, 4.69) is 29.5 Å². The minimum absolute atomic E-state index is 0.129. The lowest BCUT2D eigenvalue weighted by Gasteiger charge is -2.08. The van der Waals surface area contributed by atoms with Gasteiger partial charge in [0.15, 0.2) is 11.5 Å². The monoisotopic (exact) mass is 335 g/mol. The van der Waals surface area contributed by atoms with Crippen LogP contribution < -0.4 is 11.1 Å². The lowest BCUT2D eigenvalue weighted by atomic mass is 10.0. The number of anilines is 1. The number of carbonyl (C=O) groups excluding carboxylic acids is 1. The smallest absolute Gasteiger partial charge is 0.275 e. The van der Waals surface area contributed by atoms with Gasteiger partial charge in [0, 0.05) is 6.54 Å². The summed E-state index contributed by atoms with van der Waals surface area (Å²) >= 11 is 0. The van der Waals surface area contributed by atoms with E-state index in [4.69, 9.17) is 5.73 Å². The fourth-order valence-corrected chi connectivity index (χ4v) is 2.50. The van der Waals surface area contributed by atoms with Crippen molar-refractivity contribution in [1.82, 2.24) is 20.3 Å². The first kappa shape index (κ1) is 16.7. The van der Waals surface area contributed by atoms with Crippen LogP contribution in [0.25, 0.3) is 5.69 Å². The largest absolute Gasteiger partial charge is 0.382 e. The van der Waals surface area contributed by atoms with Crippen molar-refractivity contribution >= 4 is 11.7 Å². The Bertz CT molecular complexity index is 853. The maximum Gasteiger partial charge on any atom is 0.275 e. The molecule has 0 aliphatic carbocycles. The zero-order chi connectivity index (χ0) is 17.8. The van der Waals surface area contributed by atoms with Crippen molar-refractivity contribution in [2.75, 3.05) is 5.73 Å². The molecule has 1 amide bonds. The number of rotatable bonds is 5. The number of hydrogen-bond acceptors (Lipinski definition) is 4. The zero-order valence-corrected chi connectivity index (χ0v) is 14.3. The van der Waals surface area contributed by atoms with Crippen LogP contribution in [-0.4, -0.2) is 20.9 Å². The van der Waals surface area contributed by atoms with Crippen LogP contribution in [0.2, 0.25) is 0 Å². The Morgan fingerprint density at radius 2 is 1.80 bits per heavy atom. The highest BCUT2D eigenvalue weighted by atomic mass is 16.2. The summed E-state index contributed by atoms with van der Waals surface area (Å²) in [5.41, 5.74) is 9.21. The normalized spacial score (nSPS) is 10.8. The quantitative estimate of drug-likeness (QED) is 0.751. The molecule has 25 heavy (non-hydrogen) atoms. The van der Waals surface area contributed by atoms with Crippen molar-refractivity contribution < 1.29 is 4.79 Å². The molecule has 0 saturated heterocycles. The van der Waals surface area contributed by atoms with E-state index in [0.29, 0.717) is 12.5 Å². The van der Waals surface area contributed by atoms with Gasteiger partial charge in [-0.15, -0.1) is 5.10 Å². The topological polar surface area (TPSA) is 85.8 Å². The molecule has 1 aromatic heterocycles. The van der Waals surface area contributed by atoms with Crippen LogP contribution in [0.1, 0.15) is 41.4 Å². The molecular formula is C19H21N5O. The summed E-state index contributed by atoms with van der Waals surface area (Å²) < 4.78 is 1.47. The van der Waals surface area contributed by atoms with Gasteiger partial charge in [-0.2, -0.15) is 4.68 Å². The van der Waals surface area contributed by atoms with Crippen molar-refractivity contribution in [3.05, 3.63) is 71.4 Å². The molecule has 0 spiro atoms. The Kier molecular flexibility index (Phi) is 4.79. The molecule has 3 N–H and O–H groups in total. The molecule has 0 aliphatic heterocycles. The van der Waals surface area contributed by atoms with Gasteiger partial charge < -0.3 is 11.1 Å². The summed E-state index contributed by atoms with van der Waals surface area (Å²) in [4.78, 5) is 12.3. The van der Waals surface area contributed by atoms with E-state index < -0.39 is 0 Å². The van der Waals surface area contributed by atoms with Crippen molar-refractivity contribution in [2.45, 2.75) is 26.3 Å². The molecule has 3 rings (SSSR count). The number of nitrogen functional groups attached to an aromatic ring is 1. The number of nitrogens with one attached hydrogen (secondary N) is 1. The zero-order valence-electron chi connectivity index (χ0n) is 14.3. The van der Waals surface area contributed by atoms with Gasteiger partial charge in [-0.05, 0) is 29.2 Å². The van der Waals surface area contributed by atoms with Crippen LogP contribution >= 0.6 is 0 Å². The number of amides is 1. The number of nitrogens with two attached hydrogens (primary N) is 1. The molecule has 0 unspecified atom stereocenters. The first-order valence-electron chi connectivity index (χ1n) is 8.20. The van der Waals surface area contributed by atoms with E-state index in [1.54, 1.807) is 0 Å². The van der Waals surface area contributed by atoms with Gasteiger partial charge in [-0.1, -0.05) is 61.5 Å². The second kappa shape index (κ2) is 7.17. The van der Waals surface area contributed by atoms with Crippen LogP contribution in [0.4, 0.5) is 5.82 Å². The number of nitrogens with zero attached hydrogens (tertiary/aromatic N) is 3. The van der Waals surface area contributed by atoms with Crippen molar-refractivity contribution in [3.63, 3.8) is 0 Å². The van der Waals surface area contributed by atoms with E-state index in [-0.39, 0.29) is 17.4 Å². The van der Waals surface area contributed by atoms with Gasteiger partial charge in [0.05, 0.1) is 5.69 Å². The Balaban J connectivity index is 1.75. The average molecular weight is 335 g/mol. The molecular weight excluding hydrogens is 314 g/mol. The van der Waals surface area contributed by atoms with Crippen LogP contribution in [0.3, 0.4) is 0 Å². The average Bonchev–Trinajstić information content (AvgIpc) is 3.02. The number of hydrogen-bond donors (Lipinski definition) is 2. The molecule has 6 nitrogen and oxygen atoms in total. The summed E-state index contributed by atoms with van der Waals surface area (Å²) in [6.45, 7) is 4.68. The van der Waals surface area contributed by atoms with Gasteiger partial charge >= 0.3 is 0 Å². The molecule has 0 fully saturated rings. The third-order valence-electron chi connectivity index (χ3n) is 4.02. The number of benzene rings is 2. The predicted molar refractivity (Wildman–Crippen MR) is 97.5 cm³/mol. The van der Waals surface area contributed by atoms with Crippen molar-refractivity contribution in [3.8, 4) is 5.69 Å². The van der Waals surface area contributed by atoms with E-state index in [1.165, 1.54) is 10.2 Å². The third-order valence-corrected chi connectivity index (χ3v) is 4.02. The predicted octanol–water partition coefficient (Wildman–Crippen LogP) is 2.90. The van der Waals surface area contributed by atoms with Gasteiger partial charge in [-0.25, -0.2) is 0 Å². The summed E-state index contributed by atoms with van der Waals surface area (Å²) in [7, 11) is 0. The molecule has 0 radical (unpaired) electrons. The molecule has 128 valence electrons. The Hall–Kier alpha value is -3.15. The fraction of sp³-hybridized carbons (Fsp3) is 0.211. The highest BCUT2D eigenvalue weighted by Crippen LogP contribution is 2.19. The Morgan fingerprint density at radius 1 is 1.12 bits per heavy atom. The standard InChI is InChI=1S/C19H21N5O/c1-13(2)15-8-10-16(11-9-15)24-18(20)17(22-23-24)19(25)21-12-14-6-4-3-5-7-14/h3-11,13H,12,20H2,1-2H3,(H,21,25). The second-order valence-electron chi connectivity index (χ2n) is 6.15. The molecule has 1 heterocycles. The minimum Gasteiger partial charge on any atom is -0.382 e. The van der Waals surface area contributed by atoms with Crippen molar-refractivity contribution in [2.24, 2.45) is 0 Å². The highest BCUT2D eigenvalue weighted by Gasteiger charge is 2.18. The maximum absolute atomic E-state index is 12.3. The van der Waals surface area contributed by atoms with E-state index in [1.807, 2.05) is 54.6 Å². The Labute approximate surface area is 146 Å². The molecule has 2 aromatic carbocycles. The summed E-state index contributed by atoms with van der Waals surface area (Å²) in [6, 6.07) is 17.6. The highest BCUT2D eigenvalue weighted by molar-refractivity contribution is 5.96. The number of carbonyl (C=O) groups is 1. The number of aromatic nitrogens is 3. The fourth-order valence-electron chi connectivity index (χ4n) is 2.50. The molecule has 0 bridgehead atoms. The van der Waals surface area contributed by atoms with Crippen LogP contribution in [0.5, 0.6) is 0 Å².